The zero-order valence-electron chi connectivity index (χ0n) is 18.2. The molecule has 3 aromatic rings. The monoisotopic (exact) mass is 443 g/mol. The van der Waals surface area contributed by atoms with Crippen LogP contribution in [0.25, 0.3) is 11.4 Å². The molecule has 0 atom stereocenters. The van der Waals surface area contributed by atoms with Crippen LogP contribution in [-0.4, -0.2) is 34.4 Å². The molecule has 0 N–H and O–H groups in total. The molecule has 0 fully saturated rings. The van der Waals surface area contributed by atoms with Gasteiger partial charge in [-0.3, -0.25) is 0 Å². The first kappa shape index (κ1) is 22.7. The Morgan fingerprint density at radius 1 is 1.07 bits per heavy atom. The molecular weight excluding hydrogens is 414 g/mol. The number of rotatable bonds is 7. The molecule has 1 aliphatic rings. The van der Waals surface area contributed by atoms with E-state index in [1.807, 2.05) is 0 Å². The fourth-order valence-electron chi connectivity index (χ4n) is 3.87. The summed E-state index contributed by atoms with van der Waals surface area (Å²) in [5, 5.41) is 0.599. The molecule has 160 valence electrons. The second-order valence-electron chi connectivity index (χ2n) is 8.01. The molecule has 6 heteroatoms. The van der Waals surface area contributed by atoms with Gasteiger partial charge in [0.2, 0.25) is 0 Å². The van der Waals surface area contributed by atoms with Crippen molar-refractivity contribution in [1.29, 1.82) is 0 Å². The van der Waals surface area contributed by atoms with Crippen LogP contribution >= 0.6 is 23.9 Å². The van der Waals surface area contributed by atoms with Crippen LogP contribution in [0.3, 0.4) is 0 Å². The van der Waals surface area contributed by atoms with Crippen LogP contribution in [0.15, 0.2) is 30.3 Å². The number of aromatic nitrogens is 2. The fourth-order valence-corrected chi connectivity index (χ4v) is 4.44. The number of hydrogen-bond acceptors (Lipinski definition) is 5. The normalized spacial score (nSPS) is 12.7. The van der Waals surface area contributed by atoms with Gasteiger partial charge < -0.3 is 9.64 Å². The van der Waals surface area contributed by atoms with Crippen molar-refractivity contribution in [3.63, 3.8) is 0 Å². The van der Waals surface area contributed by atoms with E-state index in [0.29, 0.717) is 5.19 Å². The van der Waals surface area contributed by atoms with Gasteiger partial charge in [-0.2, -0.15) is 9.36 Å². The van der Waals surface area contributed by atoms with Crippen LogP contribution < -0.4 is 4.74 Å². The topological polar surface area (TPSA) is 38.2 Å². The van der Waals surface area contributed by atoms with E-state index < -0.39 is 0 Å². The molecular formula is C24H30ClN3OS. The van der Waals surface area contributed by atoms with Crippen molar-refractivity contribution in [2.45, 2.75) is 46.5 Å². The summed E-state index contributed by atoms with van der Waals surface area (Å²) >= 11 is 1.32. The molecule has 1 heterocycles. The fraction of sp³-hybridized carbons (Fsp3) is 0.417. The Hall–Kier alpha value is -1.95. The van der Waals surface area contributed by atoms with Gasteiger partial charge in [0, 0.05) is 23.6 Å². The predicted molar refractivity (Wildman–Crippen MR) is 127 cm³/mol. The van der Waals surface area contributed by atoms with Crippen molar-refractivity contribution in [2.75, 3.05) is 20.1 Å². The second kappa shape index (κ2) is 9.90. The Kier molecular flexibility index (Phi) is 7.50. The molecule has 0 saturated carbocycles. The SMILES string of the molecule is CCN(C)CCc1cc(C)c(Oc2nc(-c3ccc4c(c3)CCC4)ns2)cc1C.Cl. The number of likely N-dealkylation sites (N-methyl/N-ethyl adjacent to an activating group) is 1. The minimum atomic E-state index is 0. The lowest BCUT2D eigenvalue weighted by Crippen LogP contribution is -2.20. The maximum absolute atomic E-state index is 6.12. The average molecular weight is 444 g/mol. The quantitative estimate of drug-likeness (QED) is 0.447. The maximum atomic E-state index is 6.12. The second-order valence-corrected chi connectivity index (χ2v) is 8.73. The lowest BCUT2D eigenvalue weighted by molar-refractivity contribution is 0.357. The number of fused-ring (bicyclic) bond motifs is 1. The molecule has 0 saturated heterocycles. The molecule has 4 rings (SSSR count). The molecule has 0 radical (unpaired) electrons. The van der Waals surface area contributed by atoms with Gasteiger partial charge in [0.15, 0.2) is 5.82 Å². The third-order valence-electron chi connectivity index (χ3n) is 5.90. The molecule has 1 aliphatic carbocycles. The largest absolute Gasteiger partial charge is 0.430 e. The number of nitrogens with zero attached hydrogens (tertiary/aromatic N) is 3. The molecule has 30 heavy (non-hydrogen) atoms. The molecule has 0 spiro atoms. The Morgan fingerprint density at radius 2 is 1.87 bits per heavy atom. The highest BCUT2D eigenvalue weighted by Crippen LogP contribution is 2.32. The highest BCUT2D eigenvalue weighted by atomic mass is 35.5. The van der Waals surface area contributed by atoms with Crippen molar-refractivity contribution in [1.82, 2.24) is 14.3 Å². The van der Waals surface area contributed by atoms with E-state index in [1.54, 1.807) is 0 Å². The van der Waals surface area contributed by atoms with Gasteiger partial charge in [0.25, 0.3) is 5.19 Å². The summed E-state index contributed by atoms with van der Waals surface area (Å²) < 4.78 is 10.7. The van der Waals surface area contributed by atoms with Crippen LogP contribution in [0.4, 0.5) is 0 Å². The Labute approximate surface area is 189 Å². The van der Waals surface area contributed by atoms with E-state index in [9.17, 15) is 0 Å². The van der Waals surface area contributed by atoms with Gasteiger partial charge in [-0.15, -0.1) is 12.4 Å². The summed E-state index contributed by atoms with van der Waals surface area (Å²) in [6.45, 7) is 8.59. The van der Waals surface area contributed by atoms with Crippen molar-refractivity contribution in [3.8, 4) is 22.3 Å². The Bertz CT molecular complexity index is 1020. The molecule has 4 nitrogen and oxygen atoms in total. The molecule has 2 aromatic carbocycles. The first-order valence-corrected chi connectivity index (χ1v) is 11.2. The molecule has 0 unspecified atom stereocenters. The van der Waals surface area contributed by atoms with Crippen molar-refractivity contribution in [3.05, 3.63) is 58.1 Å². The van der Waals surface area contributed by atoms with Crippen LogP contribution in [0.5, 0.6) is 10.9 Å². The van der Waals surface area contributed by atoms with E-state index in [1.165, 1.54) is 46.6 Å². The number of ether oxygens (including phenoxy) is 1. The van der Waals surface area contributed by atoms with E-state index >= 15 is 0 Å². The molecule has 1 aromatic heterocycles. The van der Waals surface area contributed by atoms with Gasteiger partial charge in [-0.05, 0) is 93.1 Å². The molecule has 0 amide bonds. The Morgan fingerprint density at radius 3 is 2.67 bits per heavy atom. The zero-order valence-corrected chi connectivity index (χ0v) is 19.8. The van der Waals surface area contributed by atoms with Crippen LogP contribution in [0.2, 0.25) is 0 Å². The predicted octanol–water partition coefficient (Wildman–Crippen LogP) is 6.02. The summed E-state index contributed by atoms with van der Waals surface area (Å²) in [5.41, 5.74) is 7.77. The third-order valence-corrected chi connectivity index (χ3v) is 6.49. The average Bonchev–Trinajstić information content (AvgIpc) is 3.37. The first-order chi connectivity index (χ1) is 14.0. The number of benzene rings is 2. The highest BCUT2D eigenvalue weighted by molar-refractivity contribution is 7.07. The highest BCUT2D eigenvalue weighted by Gasteiger charge is 2.15. The van der Waals surface area contributed by atoms with Crippen LogP contribution in [0.1, 0.15) is 41.2 Å². The van der Waals surface area contributed by atoms with Gasteiger partial charge in [-0.25, -0.2) is 0 Å². The van der Waals surface area contributed by atoms with Crippen molar-refractivity contribution >= 4 is 23.9 Å². The molecule has 0 bridgehead atoms. The van der Waals surface area contributed by atoms with E-state index in [2.05, 4.69) is 72.4 Å². The number of aryl methyl sites for hydroxylation is 4. The lowest BCUT2D eigenvalue weighted by atomic mass is 10.0. The van der Waals surface area contributed by atoms with Gasteiger partial charge in [0.05, 0.1) is 0 Å². The van der Waals surface area contributed by atoms with Crippen LogP contribution in [0, 0.1) is 13.8 Å². The molecule has 0 aliphatic heterocycles. The van der Waals surface area contributed by atoms with Gasteiger partial charge >= 0.3 is 0 Å². The summed E-state index contributed by atoms with van der Waals surface area (Å²) in [6, 6.07) is 11.0. The van der Waals surface area contributed by atoms with E-state index in [4.69, 9.17) is 4.74 Å². The van der Waals surface area contributed by atoms with E-state index in [-0.39, 0.29) is 12.4 Å². The zero-order chi connectivity index (χ0) is 20.4. The van der Waals surface area contributed by atoms with E-state index in [0.717, 1.165) is 48.6 Å². The van der Waals surface area contributed by atoms with Crippen LogP contribution in [-0.2, 0) is 19.3 Å². The first-order valence-electron chi connectivity index (χ1n) is 10.5. The van der Waals surface area contributed by atoms with Gasteiger partial charge in [0.1, 0.15) is 5.75 Å². The smallest absolute Gasteiger partial charge is 0.299 e. The minimum Gasteiger partial charge on any atom is -0.430 e. The maximum Gasteiger partial charge on any atom is 0.299 e. The minimum absolute atomic E-state index is 0. The lowest BCUT2D eigenvalue weighted by Gasteiger charge is -2.16. The van der Waals surface area contributed by atoms with Crippen molar-refractivity contribution in [2.24, 2.45) is 0 Å². The summed E-state index contributed by atoms with van der Waals surface area (Å²) in [6.07, 6.45) is 4.66. The number of halogens is 1. The number of hydrogen-bond donors (Lipinski definition) is 0. The third kappa shape index (κ3) is 5.02. The standard InChI is InChI=1S/C24H29N3OS.ClH/c1-5-27(4)12-11-19-13-17(3)22(14-16(19)2)28-24-25-23(26-29-24)21-10-9-18-7-6-8-20(18)15-21;/h9-10,13-15H,5-8,11-12H2,1-4H3;1H. The summed E-state index contributed by atoms with van der Waals surface area (Å²) in [5.74, 6) is 1.63. The van der Waals surface area contributed by atoms with Gasteiger partial charge in [-0.1, -0.05) is 25.1 Å². The van der Waals surface area contributed by atoms with Crippen molar-refractivity contribution < 1.29 is 4.74 Å². The summed E-state index contributed by atoms with van der Waals surface area (Å²) in [7, 11) is 2.16. The Balaban J connectivity index is 0.00000256. The summed E-state index contributed by atoms with van der Waals surface area (Å²) in [4.78, 5) is 6.98.